The molecule has 1 aromatic heterocycles. The number of rotatable bonds is 5. The number of hydrogen-bond donors (Lipinski definition) is 0. The van der Waals surface area contributed by atoms with E-state index >= 15 is 0 Å². The number of nitrogens with zero attached hydrogens (tertiary/aromatic N) is 1. The number of hydrogen-bond acceptors (Lipinski definition) is 2. The van der Waals surface area contributed by atoms with Gasteiger partial charge in [-0.2, -0.15) is 0 Å². The van der Waals surface area contributed by atoms with Crippen molar-refractivity contribution >= 4 is 11.8 Å². The fraction of sp³-hybridized carbons (Fsp3) is 0.286. The average Bonchev–Trinajstić information content (AvgIpc) is 2.94. The lowest BCUT2D eigenvalue weighted by Gasteiger charge is -2.10. The summed E-state index contributed by atoms with van der Waals surface area (Å²) < 4.78 is 7.87. The van der Waals surface area contributed by atoms with E-state index in [0.717, 1.165) is 10.8 Å². The Kier molecular flexibility index (Phi) is 4.00. The molecule has 0 N–H and O–H groups in total. The Morgan fingerprint density at radius 3 is 2.94 bits per heavy atom. The third-order valence-corrected chi connectivity index (χ3v) is 3.61. The molecular weight excluding hydrogens is 230 g/mol. The molecule has 3 heteroatoms. The summed E-state index contributed by atoms with van der Waals surface area (Å²) >= 11 is 1.63. The monoisotopic (exact) mass is 245 g/mol. The standard InChI is InChI=1S/C14H15NOS/c1-3-10-17-14-13(8-9-15(14)2)16-11-12-6-4-5-7-12/h1,4-9,12H,10-11H2,2H3. The van der Waals surface area contributed by atoms with Gasteiger partial charge in [-0.15, -0.1) is 6.42 Å². The van der Waals surface area contributed by atoms with Crippen molar-refractivity contribution in [1.29, 1.82) is 0 Å². The highest BCUT2D eigenvalue weighted by Gasteiger charge is 2.11. The van der Waals surface area contributed by atoms with Gasteiger partial charge in [-0.1, -0.05) is 42.0 Å². The largest absolute Gasteiger partial charge is 0.490 e. The van der Waals surface area contributed by atoms with Crippen molar-refractivity contribution in [3.63, 3.8) is 0 Å². The van der Waals surface area contributed by atoms with Gasteiger partial charge in [0.05, 0.1) is 12.4 Å². The highest BCUT2D eigenvalue weighted by Crippen LogP contribution is 2.30. The zero-order valence-electron chi connectivity index (χ0n) is 9.80. The molecule has 0 aromatic carbocycles. The predicted octanol–water partition coefficient (Wildman–Crippen LogP) is 2.87. The second kappa shape index (κ2) is 5.70. The minimum atomic E-state index is 0.390. The van der Waals surface area contributed by atoms with Crippen molar-refractivity contribution in [2.75, 3.05) is 12.4 Å². The second-order valence-electron chi connectivity index (χ2n) is 3.83. The molecule has 0 amide bonds. The molecule has 1 aliphatic carbocycles. The van der Waals surface area contributed by atoms with E-state index in [1.165, 1.54) is 0 Å². The van der Waals surface area contributed by atoms with Crippen molar-refractivity contribution in [1.82, 2.24) is 4.57 Å². The molecule has 0 saturated heterocycles. The first-order valence-electron chi connectivity index (χ1n) is 5.50. The molecule has 1 aliphatic rings. The Bertz CT molecular complexity index is 467. The lowest BCUT2D eigenvalue weighted by Crippen LogP contribution is -2.06. The summed E-state index contributed by atoms with van der Waals surface area (Å²) in [6.07, 6.45) is 15.6. The van der Waals surface area contributed by atoms with Gasteiger partial charge in [-0.05, 0) is 6.07 Å². The molecule has 0 spiro atoms. The van der Waals surface area contributed by atoms with Crippen LogP contribution in [0.5, 0.6) is 5.75 Å². The molecule has 2 rings (SSSR count). The van der Waals surface area contributed by atoms with Crippen LogP contribution in [0, 0.1) is 18.3 Å². The van der Waals surface area contributed by atoms with Gasteiger partial charge in [0, 0.05) is 19.2 Å². The van der Waals surface area contributed by atoms with E-state index in [0.29, 0.717) is 18.3 Å². The van der Waals surface area contributed by atoms with Gasteiger partial charge in [0.15, 0.2) is 5.75 Å². The van der Waals surface area contributed by atoms with Crippen LogP contribution in [-0.2, 0) is 7.05 Å². The molecule has 0 aliphatic heterocycles. The quantitative estimate of drug-likeness (QED) is 0.585. The molecule has 0 unspecified atom stereocenters. The van der Waals surface area contributed by atoms with E-state index in [1.54, 1.807) is 11.8 Å². The maximum absolute atomic E-state index is 5.83. The van der Waals surface area contributed by atoms with Gasteiger partial charge >= 0.3 is 0 Å². The van der Waals surface area contributed by atoms with Gasteiger partial charge < -0.3 is 9.30 Å². The molecule has 0 saturated carbocycles. The summed E-state index contributed by atoms with van der Waals surface area (Å²) in [4.78, 5) is 0. The second-order valence-corrected chi connectivity index (χ2v) is 4.80. The summed E-state index contributed by atoms with van der Waals surface area (Å²) in [6.45, 7) is 0.681. The number of aryl methyl sites for hydroxylation is 1. The van der Waals surface area contributed by atoms with E-state index in [2.05, 4.69) is 18.1 Å². The number of ether oxygens (including phenoxy) is 1. The average molecular weight is 245 g/mol. The van der Waals surface area contributed by atoms with Crippen LogP contribution in [0.4, 0.5) is 0 Å². The van der Waals surface area contributed by atoms with Crippen molar-refractivity contribution in [2.24, 2.45) is 13.0 Å². The Balaban J connectivity index is 1.97. The van der Waals surface area contributed by atoms with Gasteiger partial charge in [0.1, 0.15) is 5.03 Å². The maximum Gasteiger partial charge on any atom is 0.151 e. The third-order valence-electron chi connectivity index (χ3n) is 2.53. The Morgan fingerprint density at radius 1 is 1.47 bits per heavy atom. The van der Waals surface area contributed by atoms with E-state index < -0.39 is 0 Å². The number of aromatic nitrogens is 1. The van der Waals surface area contributed by atoms with Gasteiger partial charge in [-0.3, -0.25) is 0 Å². The summed E-state index contributed by atoms with van der Waals surface area (Å²) in [5.74, 6) is 4.60. The van der Waals surface area contributed by atoms with E-state index in [9.17, 15) is 0 Å². The van der Waals surface area contributed by atoms with Crippen LogP contribution in [-0.4, -0.2) is 16.9 Å². The molecule has 0 bridgehead atoms. The Labute approximate surface area is 106 Å². The lowest BCUT2D eigenvalue weighted by atomic mass is 10.2. The molecular formula is C14H15NOS. The van der Waals surface area contributed by atoms with Crippen LogP contribution in [0.3, 0.4) is 0 Å². The van der Waals surface area contributed by atoms with Gasteiger partial charge in [0.25, 0.3) is 0 Å². The zero-order valence-corrected chi connectivity index (χ0v) is 10.6. The topological polar surface area (TPSA) is 14.2 Å². The summed E-state index contributed by atoms with van der Waals surface area (Å²) in [5.41, 5.74) is 0. The van der Waals surface area contributed by atoms with Crippen molar-refractivity contribution in [3.8, 4) is 18.1 Å². The maximum atomic E-state index is 5.83. The first-order valence-corrected chi connectivity index (χ1v) is 6.49. The molecule has 0 fully saturated rings. The molecule has 1 heterocycles. The zero-order chi connectivity index (χ0) is 12.1. The Morgan fingerprint density at radius 2 is 2.24 bits per heavy atom. The highest BCUT2D eigenvalue weighted by molar-refractivity contribution is 7.99. The first-order chi connectivity index (χ1) is 8.31. The van der Waals surface area contributed by atoms with Crippen LogP contribution in [0.1, 0.15) is 0 Å². The van der Waals surface area contributed by atoms with E-state index in [4.69, 9.17) is 11.2 Å². The van der Waals surface area contributed by atoms with E-state index in [-0.39, 0.29) is 0 Å². The molecule has 0 atom stereocenters. The van der Waals surface area contributed by atoms with Crippen molar-refractivity contribution < 1.29 is 4.74 Å². The molecule has 1 aromatic rings. The van der Waals surface area contributed by atoms with Gasteiger partial charge in [-0.25, -0.2) is 0 Å². The summed E-state index contributed by atoms with van der Waals surface area (Å²) in [5, 5.41) is 1.09. The third kappa shape index (κ3) is 2.98. The van der Waals surface area contributed by atoms with Crippen molar-refractivity contribution in [3.05, 3.63) is 36.6 Å². The minimum absolute atomic E-state index is 0.390. The van der Waals surface area contributed by atoms with E-state index in [1.807, 2.05) is 36.0 Å². The molecule has 88 valence electrons. The number of thioether (sulfide) groups is 1. The smallest absolute Gasteiger partial charge is 0.151 e. The molecule has 17 heavy (non-hydrogen) atoms. The summed E-state index contributed by atoms with van der Waals surface area (Å²) in [7, 11) is 2.00. The predicted molar refractivity (Wildman–Crippen MR) is 72.2 cm³/mol. The number of terminal acetylenes is 1. The Hall–Kier alpha value is -1.53. The minimum Gasteiger partial charge on any atom is -0.490 e. The lowest BCUT2D eigenvalue weighted by molar-refractivity contribution is 0.290. The molecule has 2 nitrogen and oxygen atoms in total. The van der Waals surface area contributed by atoms with Crippen LogP contribution in [0.2, 0.25) is 0 Å². The fourth-order valence-corrected chi connectivity index (χ4v) is 2.41. The van der Waals surface area contributed by atoms with Crippen LogP contribution >= 0.6 is 11.8 Å². The SMILES string of the molecule is C#CCSc1c(OCC2C=CC=C2)ccn1C. The number of allylic oxidation sites excluding steroid dienone is 2. The van der Waals surface area contributed by atoms with Crippen LogP contribution < -0.4 is 4.74 Å². The highest BCUT2D eigenvalue weighted by atomic mass is 32.2. The fourth-order valence-electron chi connectivity index (χ4n) is 1.66. The van der Waals surface area contributed by atoms with Crippen LogP contribution in [0.15, 0.2) is 41.6 Å². The normalized spacial score (nSPS) is 14.1. The summed E-state index contributed by atoms with van der Waals surface area (Å²) in [6, 6.07) is 1.99. The van der Waals surface area contributed by atoms with Gasteiger partial charge in [0.2, 0.25) is 0 Å². The first kappa shape index (κ1) is 11.9. The van der Waals surface area contributed by atoms with Crippen LogP contribution in [0.25, 0.3) is 0 Å². The molecule has 0 radical (unpaired) electrons. The van der Waals surface area contributed by atoms with Crippen molar-refractivity contribution in [2.45, 2.75) is 5.03 Å².